The summed E-state index contributed by atoms with van der Waals surface area (Å²) in [7, 11) is 0. The fraction of sp³-hybridized carbons (Fsp3) is 0.750. The molecule has 0 rings (SSSR count). The van der Waals surface area contributed by atoms with Crippen molar-refractivity contribution in [2.24, 2.45) is 22.9 Å². The van der Waals surface area contributed by atoms with Gasteiger partial charge in [-0.15, -0.1) is 0 Å². The van der Waals surface area contributed by atoms with Gasteiger partial charge in [-0.3, -0.25) is 14.4 Å². The smallest absolute Gasteiger partial charge is 0.320 e. The van der Waals surface area contributed by atoms with Gasteiger partial charge in [0.15, 0.2) is 0 Å². The predicted molar refractivity (Wildman–Crippen MR) is 81.1 cm³/mol. The number of unbranched alkanes of at least 4 members (excludes halogenated alkanes) is 1. The third-order valence-electron chi connectivity index (χ3n) is 2.07. The number of carbonyl (C=O) groups is 3. The van der Waals surface area contributed by atoms with Gasteiger partial charge >= 0.3 is 17.9 Å². The van der Waals surface area contributed by atoms with Crippen molar-refractivity contribution in [2.75, 3.05) is 6.54 Å². The molecule has 3 unspecified atom stereocenters. The van der Waals surface area contributed by atoms with E-state index in [1.807, 2.05) is 0 Å². The molecule has 0 heterocycles. The summed E-state index contributed by atoms with van der Waals surface area (Å²) >= 11 is 0. The topological polar surface area (TPSA) is 216 Å². The van der Waals surface area contributed by atoms with Gasteiger partial charge in [0.2, 0.25) is 0 Å². The van der Waals surface area contributed by atoms with Gasteiger partial charge in [0.1, 0.15) is 18.1 Å². The molecule has 0 saturated heterocycles. The van der Waals surface area contributed by atoms with Gasteiger partial charge in [-0.2, -0.15) is 0 Å². The average Bonchev–Trinajstić information content (AvgIpc) is 2.39. The minimum atomic E-state index is -0.963. The summed E-state index contributed by atoms with van der Waals surface area (Å²) in [5, 5.41) is 24.1. The van der Waals surface area contributed by atoms with Crippen LogP contribution < -0.4 is 22.9 Å². The fourth-order valence-corrected chi connectivity index (χ4v) is 0.632. The first-order chi connectivity index (χ1) is 9.97. The Labute approximate surface area is 129 Å². The van der Waals surface area contributed by atoms with Crippen molar-refractivity contribution in [1.29, 1.82) is 0 Å². The second-order valence-electron chi connectivity index (χ2n) is 4.48. The van der Waals surface area contributed by atoms with Crippen LogP contribution in [0.2, 0.25) is 0 Å². The molecule has 132 valence electrons. The number of rotatable bonds is 7. The van der Waals surface area contributed by atoms with Crippen LogP contribution in [0.25, 0.3) is 0 Å². The predicted octanol–water partition coefficient (Wildman–Crippen LogP) is -1.64. The number of nitrogens with two attached hydrogens (primary N) is 4. The van der Waals surface area contributed by atoms with E-state index in [-0.39, 0.29) is 0 Å². The van der Waals surface area contributed by atoms with Crippen molar-refractivity contribution >= 4 is 17.9 Å². The molecule has 0 aromatic rings. The number of hydrogen-bond donors (Lipinski definition) is 7. The SMILES string of the molecule is CC(N)C(=O)O.CC(N)C(=O)O.NCCCCC(N)C(=O)O. The van der Waals surface area contributed by atoms with Crippen molar-refractivity contribution in [3.8, 4) is 0 Å². The average molecular weight is 324 g/mol. The molecule has 0 amide bonds. The lowest BCUT2D eigenvalue weighted by atomic mass is 10.1. The Bertz CT molecular complexity index is 305. The molecule has 0 spiro atoms. The third kappa shape index (κ3) is 23.4. The molecule has 3 atom stereocenters. The zero-order valence-electron chi connectivity index (χ0n) is 12.9. The Kier molecular flexibility index (Phi) is 17.9. The van der Waals surface area contributed by atoms with Gasteiger partial charge in [-0.1, -0.05) is 6.42 Å². The summed E-state index contributed by atoms with van der Waals surface area (Å²) in [4.78, 5) is 29.3. The maximum Gasteiger partial charge on any atom is 0.320 e. The zero-order chi connectivity index (χ0) is 18.3. The molecule has 11 N–H and O–H groups in total. The number of carboxylic acid groups (broad SMARTS) is 3. The molecule has 0 saturated carbocycles. The van der Waals surface area contributed by atoms with Crippen LogP contribution in [0.5, 0.6) is 0 Å². The largest absolute Gasteiger partial charge is 0.480 e. The van der Waals surface area contributed by atoms with Gasteiger partial charge < -0.3 is 38.3 Å². The molecular weight excluding hydrogens is 296 g/mol. The molecule has 10 heteroatoms. The fourth-order valence-electron chi connectivity index (χ4n) is 0.632. The molecular formula is C12H28N4O6. The first-order valence-corrected chi connectivity index (χ1v) is 6.62. The summed E-state index contributed by atoms with van der Waals surface area (Å²) in [6, 6.07) is -2.18. The van der Waals surface area contributed by atoms with Crippen molar-refractivity contribution in [1.82, 2.24) is 0 Å². The van der Waals surface area contributed by atoms with Crippen LogP contribution in [0.1, 0.15) is 33.1 Å². The molecule has 0 radical (unpaired) electrons. The molecule has 22 heavy (non-hydrogen) atoms. The van der Waals surface area contributed by atoms with Crippen LogP contribution in [0.3, 0.4) is 0 Å². The van der Waals surface area contributed by atoms with Gasteiger partial charge in [0, 0.05) is 0 Å². The van der Waals surface area contributed by atoms with Crippen LogP contribution in [0.15, 0.2) is 0 Å². The quantitative estimate of drug-likeness (QED) is 0.265. The molecule has 0 aliphatic carbocycles. The molecule has 0 fully saturated rings. The molecule has 0 aliphatic heterocycles. The Morgan fingerprint density at radius 1 is 0.818 bits per heavy atom. The summed E-state index contributed by atoms with van der Waals surface area (Å²) in [6.45, 7) is 3.44. The van der Waals surface area contributed by atoms with Crippen molar-refractivity contribution in [3.63, 3.8) is 0 Å². The monoisotopic (exact) mass is 324 g/mol. The Balaban J connectivity index is -0.000000261. The van der Waals surface area contributed by atoms with Crippen LogP contribution in [-0.4, -0.2) is 57.9 Å². The lowest BCUT2D eigenvalue weighted by Gasteiger charge is -2.03. The summed E-state index contributed by atoms with van der Waals surface area (Å²) in [5.41, 5.74) is 20.1. The minimum Gasteiger partial charge on any atom is -0.480 e. The third-order valence-corrected chi connectivity index (χ3v) is 2.07. The first-order valence-electron chi connectivity index (χ1n) is 6.62. The second-order valence-corrected chi connectivity index (χ2v) is 4.48. The van der Waals surface area contributed by atoms with Crippen LogP contribution in [0, 0.1) is 0 Å². The van der Waals surface area contributed by atoms with E-state index >= 15 is 0 Å². The molecule has 0 aromatic heterocycles. The highest BCUT2D eigenvalue weighted by Gasteiger charge is 2.09. The number of carboxylic acids is 3. The van der Waals surface area contributed by atoms with Crippen LogP contribution in [0.4, 0.5) is 0 Å². The van der Waals surface area contributed by atoms with E-state index in [2.05, 4.69) is 0 Å². The van der Waals surface area contributed by atoms with E-state index in [0.29, 0.717) is 13.0 Å². The zero-order valence-corrected chi connectivity index (χ0v) is 12.9. The highest BCUT2D eigenvalue weighted by atomic mass is 16.4. The van der Waals surface area contributed by atoms with Gasteiger partial charge in [-0.05, 0) is 33.2 Å². The van der Waals surface area contributed by atoms with Gasteiger partial charge in [-0.25, -0.2) is 0 Å². The Hall–Kier alpha value is -1.75. The van der Waals surface area contributed by atoms with Crippen LogP contribution >= 0.6 is 0 Å². The summed E-state index contributed by atoms with van der Waals surface area (Å²) < 4.78 is 0. The van der Waals surface area contributed by atoms with E-state index in [1.165, 1.54) is 13.8 Å². The molecule has 0 bridgehead atoms. The summed E-state index contributed by atoms with van der Waals surface area (Å²) in [6.07, 6.45) is 2.16. The maximum absolute atomic E-state index is 10.1. The van der Waals surface area contributed by atoms with E-state index in [0.717, 1.165) is 12.8 Å². The number of hydrogen-bond acceptors (Lipinski definition) is 7. The lowest BCUT2D eigenvalue weighted by Crippen LogP contribution is -2.29. The standard InChI is InChI=1S/C6H14N2O2.2C3H7NO2/c7-4-2-1-3-5(8)6(9)10;2*1-2(4)3(5)6/h5H,1-4,7-8H2,(H,9,10);2*2H,4H2,1H3,(H,5,6). The first kappa shape index (κ1) is 25.2. The molecule has 0 aromatic carbocycles. The van der Waals surface area contributed by atoms with E-state index < -0.39 is 36.0 Å². The molecule has 10 nitrogen and oxygen atoms in total. The highest BCUT2D eigenvalue weighted by Crippen LogP contribution is 1.96. The Morgan fingerprint density at radius 2 is 1.14 bits per heavy atom. The van der Waals surface area contributed by atoms with E-state index in [4.69, 9.17) is 38.3 Å². The van der Waals surface area contributed by atoms with E-state index in [9.17, 15) is 14.4 Å². The van der Waals surface area contributed by atoms with Crippen molar-refractivity contribution in [3.05, 3.63) is 0 Å². The lowest BCUT2D eigenvalue weighted by molar-refractivity contribution is -0.139. The van der Waals surface area contributed by atoms with E-state index in [1.54, 1.807) is 0 Å². The maximum atomic E-state index is 10.1. The van der Waals surface area contributed by atoms with Crippen molar-refractivity contribution in [2.45, 2.75) is 51.2 Å². The number of aliphatic carboxylic acids is 3. The van der Waals surface area contributed by atoms with Crippen LogP contribution in [-0.2, 0) is 14.4 Å². The van der Waals surface area contributed by atoms with Crippen molar-refractivity contribution < 1.29 is 29.7 Å². The normalized spacial score (nSPS) is 13.4. The molecule has 0 aliphatic rings. The van der Waals surface area contributed by atoms with Gasteiger partial charge in [0.05, 0.1) is 0 Å². The Morgan fingerprint density at radius 3 is 1.32 bits per heavy atom. The second kappa shape index (κ2) is 15.6. The highest BCUT2D eigenvalue weighted by molar-refractivity contribution is 5.73. The van der Waals surface area contributed by atoms with Gasteiger partial charge in [0.25, 0.3) is 0 Å². The summed E-state index contributed by atoms with van der Waals surface area (Å²) in [5.74, 6) is -2.86. The minimum absolute atomic E-state index is 0.520.